The highest BCUT2D eigenvalue weighted by atomic mass is 32.1. The van der Waals surface area contributed by atoms with E-state index < -0.39 is 0 Å². The lowest BCUT2D eigenvalue weighted by molar-refractivity contribution is 0.216. The minimum atomic E-state index is 0.902. The lowest BCUT2D eigenvalue weighted by atomic mass is 9.97. The quantitative estimate of drug-likeness (QED) is 0.791. The Bertz CT molecular complexity index is 276. The Hall–Kier alpha value is -0.380. The fraction of sp³-hybridized carbons (Fsp3) is 0.692. The van der Waals surface area contributed by atoms with Gasteiger partial charge in [-0.15, -0.1) is 0 Å². The first-order valence-corrected chi connectivity index (χ1v) is 7.19. The Morgan fingerprint density at radius 2 is 2.25 bits per heavy atom. The molecule has 90 valence electrons. The lowest BCUT2D eigenvalue weighted by Gasteiger charge is -2.29. The minimum Gasteiger partial charge on any atom is -0.316 e. The third-order valence-corrected chi connectivity index (χ3v) is 4.17. The summed E-state index contributed by atoms with van der Waals surface area (Å²) in [6.45, 7) is 4.88. The molecule has 2 nitrogen and oxygen atoms in total. The normalized spacial score (nSPS) is 19.1. The molecule has 0 amide bonds. The van der Waals surface area contributed by atoms with Crippen molar-refractivity contribution < 1.29 is 0 Å². The summed E-state index contributed by atoms with van der Waals surface area (Å²) in [4.78, 5) is 2.43. The van der Waals surface area contributed by atoms with Crippen LogP contribution in [0.15, 0.2) is 16.8 Å². The molecular formula is C13H22N2S. The predicted octanol–water partition coefficient (Wildman–Crippen LogP) is 2.22. The van der Waals surface area contributed by atoms with Crippen molar-refractivity contribution in [1.82, 2.24) is 10.2 Å². The number of hydrogen-bond acceptors (Lipinski definition) is 3. The number of piperidine rings is 1. The van der Waals surface area contributed by atoms with Crippen molar-refractivity contribution in [3.05, 3.63) is 22.4 Å². The average molecular weight is 238 g/mol. The highest BCUT2D eigenvalue weighted by Gasteiger charge is 2.15. The van der Waals surface area contributed by atoms with Crippen LogP contribution in [0.25, 0.3) is 0 Å². The highest BCUT2D eigenvalue weighted by molar-refractivity contribution is 7.07. The summed E-state index contributed by atoms with van der Waals surface area (Å²) in [5, 5.41) is 8.00. The van der Waals surface area contributed by atoms with E-state index >= 15 is 0 Å². The second-order valence-electron chi connectivity index (χ2n) is 4.83. The van der Waals surface area contributed by atoms with Gasteiger partial charge in [-0.3, -0.25) is 0 Å². The van der Waals surface area contributed by atoms with Crippen LogP contribution in [0.5, 0.6) is 0 Å². The Balaban J connectivity index is 1.55. The molecule has 0 radical (unpaired) electrons. The number of thiophene rings is 1. The molecule has 2 rings (SSSR count). The Morgan fingerprint density at radius 3 is 2.94 bits per heavy atom. The summed E-state index contributed by atoms with van der Waals surface area (Å²) in [6, 6.07) is 2.22. The molecule has 1 saturated heterocycles. The smallest absolute Gasteiger partial charge is 0.000794 e. The molecule has 0 unspecified atom stereocenters. The van der Waals surface area contributed by atoms with Crippen molar-refractivity contribution >= 4 is 11.3 Å². The molecule has 1 aliphatic rings. The van der Waals surface area contributed by atoms with Gasteiger partial charge in [-0.25, -0.2) is 0 Å². The maximum absolute atomic E-state index is 3.59. The third kappa shape index (κ3) is 3.89. The van der Waals surface area contributed by atoms with Gasteiger partial charge in [-0.05, 0) is 80.8 Å². The van der Waals surface area contributed by atoms with E-state index in [1.807, 2.05) is 0 Å². The number of hydrogen-bond donors (Lipinski definition) is 1. The molecule has 1 fully saturated rings. The highest BCUT2D eigenvalue weighted by Crippen LogP contribution is 2.14. The first kappa shape index (κ1) is 12.1. The molecule has 0 aromatic carbocycles. The van der Waals surface area contributed by atoms with Gasteiger partial charge >= 0.3 is 0 Å². The Labute approximate surface area is 103 Å². The second-order valence-corrected chi connectivity index (χ2v) is 5.61. The molecule has 0 bridgehead atoms. The molecule has 3 heteroatoms. The average Bonchev–Trinajstić information content (AvgIpc) is 2.80. The number of rotatable bonds is 5. The van der Waals surface area contributed by atoms with E-state index in [2.05, 4.69) is 34.1 Å². The minimum absolute atomic E-state index is 0.902. The van der Waals surface area contributed by atoms with Gasteiger partial charge in [0.15, 0.2) is 0 Å². The Kier molecular flexibility index (Phi) is 4.82. The SMILES string of the molecule is CN1CCC(CNCCc2ccsc2)CC1. The molecule has 0 saturated carbocycles. The first-order valence-electron chi connectivity index (χ1n) is 6.25. The van der Waals surface area contributed by atoms with Gasteiger partial charge in [-0.1, -0.05) is 0 Å². The van der Waals surface area contributed by atoms with Crippen molar-refractivity contribution in [2.75, 3.05) is 33.2 Å². The van der Waals surface area contributed by atoms with Gasteiger partial charge in [0.2, 0.25) is 0 Å². The maximum Gasteiger partial charge on any atom is -0.000794 e. The van der Waals surface area contributed by atoms with E-state index in [9.17, 15) is 0 Å². The van der Waals surface area contributed by atoms with Gasteiger partial charge in [0.05, 0.1) is 0 Å². The molecule has 0 atom stereocenters. The van der Waals surface area contributed by atoms with Crippen LogP contribution in [0.1, 0.15) is 18.4 Å². The zero-order valence-electron chi connectivity index (χ0n) is 10.1. The van der Waals surface area contributed by atoms with E-state index in [4.69, 9.17) is 0 Å². The summed E-state index contributed by atoms with van der Waals surface area (Å²) in [6.07, 6.45) is 3.90. The molecular weight excluding hydrogens is 216 g/mol. The molecule has 0 aliphatic carbocycles. The van der Waals surface area contributed by atoms with Crippen molar-refractivity contribution in [3.63, 3.8) is 0 Å². The molecule has 1 aromatic heterocycles. The number of nitrogens with zero attached hydrogens (tertiary/aromatic N) is 1. The van der Waals surface area contributed by atoms with E-state index in [0.29, 0.717) is 0 Å². The summed E-state index contributed by atoms with van der Waals surface area (Å²) < 4.78 is 0. The number of nitrogens with one attached hydrogen (secondary N) is 1. The van der Waals surface area contributed by atoms with E-state index in [1.165, 1.54) is 44.5 Å². The topological polar surface area (TPSA) is 15.3 Å². The van der Waals surface area contributed by atoms with Gasteiger partial charge < -0.3 is 10.2 Å². The summed E-state index contributed by atoms with van der Waals surface area (Å²) in [5.41, 5.74) is 1.47. The standard InChI is InChI=1S/C13H22N2S/c1-15-7-3-12(4-8-15)10-14-6-2-13-5-9-16-11-13/h5,9,11-12,14H,2-4,6-8,10H2,1H3. The fourth-order valence-corrected chi connectivity index (χ4v) is 2.94. The largest absolute Gasteiger partial charge is 0.316 e. The van der Waals surface area contributed by atoms with Crippen LogP contribution in [0.2, 0.25) is 0 Å². The van der Waals surface area contributed by atoms with Crippen LogP contribution in [-0.2, 0) is 6.42 Å². The molecule has 2 heterocycles. The van der Waals surface area contributed by atoms with Crippen molar-refractivity contribution in [2.24, 2.45) is 5.92 Å². The second kappa shape index (κ2) is 6.38. The van der Waals surface area contributed by atoms with Crippen LogP contribution in [0.3, 0.4) is 0 Å². The monoisotopic (exact) mass is 238 g/mol. The summed E-state index contributed by atoms with van der Waals surface area (Å²) in [7, 11) is 2.22. The van der Waals surface area contributed by atoms with Crippen LogP contribution in [0, 0.1) is 5.92 Å². The van der Waals surface area contributed by atoms with Gasteiger partial charge in [0.25, 0.3) is 0 Å². The molecule has 1 aliphatic heterocycles. The number of likely N-dealkylation sites (tertiary alicyclic amines) is 1. The van der Waals surface area contributed by atoms with E-state index in [0.717, 1.165) is 12.5 Å². The summed E-state index contributed by atoms with van der Waals surface area (Å²) in [5.74, 6) is 0.902. The van der Waals surface area contributed by atoms with Gasteiger partial charge in [0, 0.05) is 0 Å². The fourth-order valence-electron chi connectivity index (χ4n) is 2.24. The van der Waals surface area contributed by atoms with Crippen LogP contribution < -0.4 is 5.32 Å². The zero-order chi connectivity index (χ0) is 11.2. The van der Waals surface area contributed by atoms with Gasteiger partial charge in [0.1, 0.15) is 0 Å². The molecule has 1 N–H and O–H groups in total. The van der Waals surface area contributed by atoms with Gasteiger partial charge in [-0.2, -0.15) is 11.3 Å². The van der Waals surface area contributed by atoms with Crippen LogP contribution >= 0.6 is 11.3 Å². The van der Waals surface area contributed by atoms with Crippen molar-refractivity contribution in [1.29, 1.82) is 0 Å². The summed E-state index contributed by atoms with van der Waals surface area (Å²) >= 11 is 1.79. The molecule has 16 heavy (non-hydrogen) atoms. The third-order valence-electron chi connectivity index (χ3n) is 3.44. The predicted molar refractivity (Wildman–Crippen MR) is 71.1 cm³/mol. The van der Waals surface area contributed by atoms with Crippen LogP contribution in [0.4, 0.5) is 0 Å². The van der Waals surface area contributed by atoms with E-state index in [-0.39, 0.29) is 0 Å². The van der Waals surface area contributed by atoms with Crippen molar-refractivity contribution in [3.8, 4) is 0 Å². The molecule has 1 aromatic rings. The lowest BCUT2D eigenvalue weighted by Crippen LogP contribution is -2.35. The Morgan fingerprint density at radius 1 is 1.44 bits per heavy atom. The zero-order valence-corrected chi connectivity index (χ0v) is 10.9. The molecule has 0 spiro atoms. The van der Waals surface area contributed by atoms with E-state index in [1.54, 1.807) is 11.3 Å². The van der Waals surface area contributed by atoms with Crippen LogP contribution in [-0.4, -0.2) is 38.1 Å². The maximum atomic E-state index is 3.59. The first-order chi connectivity index (χ1) is 7.84. The van der Waals surface area contributed by atoms with Crippen molar-refractivity contribution in [2.45, 2.75) is 19.3 Å².